The van der Waals surface area contributed by atoms with E-state index in [0.717, 1.165) is 4.90 Å². The molecule has 0 aromatic heterocycles. The van der Waals surface area contributed by atoms with Gasteiger partial charge >= 0.3 is 6.09 Å². The summed E-state index contributed by atoms with van der Waals surface area (Å²) in [7, 11) is 1.28. The zero-order chi connectivity index (χ0) is 13.4. The highest BCUT2D eigenvalue weighted by atomic mass is 35.7. The van der Waals surface area contributed by atoms with E-state index >= 15 is 0 Å². The number of β-amino-alcohol motifs (C(OH)–C–C–N with tert-alkyl or cyclic N) is 1. The molecule has 0 aliphatic carbocycles. The van der Waals surface area contributed by atoms with Gasteiger partial charge in [0.25, 0.3) is 0 Å². The number of aliphatic hydroxyl groups is 1. The summed E-state index contributed by atoms with van der Waals surface area (Å²) >= 11 is 0. The lowest BCUT2D eigenvalue weighted by Crippen LogP contribution is -2.36. The summed E-state index contributed by atoms with van der Waals surface area (Å²) in [5.74, 6) is 0. The Kier molecular flexibility index (Phi) is 3.95. The molecule has 1 N–H and O–H groups in total. The van der Waals surface area contributed by atoms with Crippen LogP contribution in [0.25, 0.3) is 0 Å². The minimum Gasteiger partial charge on any atom is -0.444 e. The maximum atomic E-state index is 11.6. The zero-order valence-corrected chi connectivity index (χ0v) is 11.5. The van der Waals surface area contributed by atoms with E-state index in [0.29, 0.717) is 0 Å². The summed E-state index contributed by atoms with van der Waals surface area (Å²) in [4.78, 5) is 12.8. The molecule has 1 aliphatic rings. The van der Waals surface area contributed by atoms with Gasteiger partial charge in [-0.2, -0.15) is 0 Å². The molecule has 0 saturated carbocycles. The van der Waals surface area contributed by atoms with E-state index in [1.165, 1.54) is 0 Å². The van der Waals surface area contributed by atoms with Crippen LogP contribution in [0.4, 0.5) is 4.79 Å². The molecule has 1 saturated heterocycles. The average molecular weight is 286 g/mol. The number of likely N-dealkylation sites (tertiary alicyclic amines) is 1. The molecule has 17 heavy (non-hydrogen) atoms. The van der Waals surface area contributed by atoms with Crippen molar-refractivity contribution < 1.29 is 23.1 Å². The first-order valence-electron chi connectivity index (χ1n) is 5.10. The number of carbonyl (C=O) groups is 1. The molecule has 6 nitrogen and oxygen atoms in total. The number of aliphatic hydroxyl groups excluding tert-OH is 1. The highest BCUT2D eigenvalue weighted by Crippen LogP contribution is 2.22. The summed E-state index contributed by atoms with van der Waals surface area (Å²) in [6.45, 7) is 4.86. The molecule has 0 spiro atoms. The number of carbonyl (C=O) groups excluding carboxylic acids is 1. The monoisotopic (exact) mass is 285 g/mol. The average Bonchev–Trinajstić information content (AvgIpc) is 2.42. The molecule has 0 bridgehead atoms. The van der Waals surface area contributed by atoms with Crippen LogP contribution in [0.3, 0.4) is 0 Å². The van der Waals surface area contributed by atoms with Crippen molar-refractivity contribution in [3.8, 4) is 0 Å². The van der Waals surface area contributed by atoms with Crippen LogP contribution >= 0.6 is 10.7 Å². The Morgan fingerprint density at radius 1 is 1.41 bits per heavy atom. The first-order chi connectivity index (χ1) is 7.50. The number of rotatable bonds is 1. The predicted molar refractivity (Wildman–Crippen MR) is 62.4 cm³/mol. The van der Waals surface area contributed by atoms with Crippen molar-refractivity contribution >= 4 is 25.8 Å². The molecule has 0 aromatic carbocycles. The van der Waals surface area contributed by atoms with Crippen molar-refractivity contribution in [3.63, 3.8) is 0 Å². The van der Waals surface area contributed by atoms with E-state index in [9.17, 15) is 18.3 Å². The van der Waals surface area contributed by atoms with Gasteiger partial charge < -0.3 is 14.7 Å². The molecule has 0 radical (unpaired) electrons. The van der Waals surface area contributed by atoms with E-state index < -0.39 is 32.1 Å². The lowest BCUT2D eigenvalue weighted by molar-refractivity contribution is 0.0270. The minimum absolute atomic E-state index is 0.0917. The summed E-state index contributed by atoms with van der Waals surface area (Å²) < 4.78 is 27.3. The van der Waals surface area contributed by atoms with Gasteiger partial charge in [-0.1, -0.05) is 0 Å². The lowest BCUT2D eigenvalue weighted by atomic mass is 10.2. The lowest BCUT2D eigenvalue weighted by Gasteiger charge is -2.24. The van der Waals surface area contributed by atoms with Crippen molar-refractivity contribution in [2.45, 2.75) is 37.7 Å². The topological polar surface area (TPSA) is 83.9 Å². The third-order valence-electron chi connectivity index (χ3n) is 2.25. The molecule has 2 unspecified atom stereocenters. The van der Waals surface area contributed by atoms with Crippen molar-refractivity contribution in [2.75, 3.05) is 13.1 Å². The van der Waals surface area contributed by atoms with Crippen LogP contribution in [0.15, 0.2) is 0 Å². The van der Waals surface area contributed by atoms with Gasteiger partial charge in [-0.05, 0) is 20.8 Å². The second-order valence-electron chi connectivity index (χ2n) is 4.97. The third kappa shape index (κ3) is 4.01. The molecular weight excluding hydrogens is 270 g/mol. The second-order valence-corrected chi connectivity index (χ2v) is 7.81. The van der Waals surface area contributed by atoms with Gasteiger partial charge in [-0.25, -0.2) is 13.2 Å². The highest BCUT2D eigenvalue weighted by molar-refractivity contribution is 8.14. The predicted octanol–water partition coefficient (Wildman–Crippen LogP) is 0.535. The standard InChI is InChI=1S/C9H16ClNO5S/c1-9(2,3)16-8(13)11-4-6(12)7(5-11)17(10,14)15/h6-7,12H,4-5H2,1-3H3. The Hall–Kier alpha value is -0.530. The zero-order valence-electron chi connectivity index (χ0n) is 9.88. The number of ether oxygens (including phenoxy) is 1. The van der Waals surface area contributed by atoms with Crippen LogP contribution in [-0.2, 0) is 13.8 Å². The summed E-state index contributed by atoms with van der Waals surface area (Å²) in [6.07, 6.45) is -1.83. The van der Waals surface area contributed by atoms with Gasteiger partial charge in [-0.3, -0.25) is 0 Å². The molecule has 1 fully saturated rings. The van der Waals surface area contributed by atoms with Crippen LogP contribution in [0.2, 0.25) is 0 Å². The molecular formula is C9H16ClNO5S. The Balaban J connectivity index is 2.70. The van der Waals surface area contributed by atoms with Gasteiger partial charge in [0.15, 0.2) is 0 Å². The SMILES string of the molecule is CC(C)(C)OC(=O)N1CC(O)C(S(=O)(=O)Cl)C1. The quantitative estimate of drug-likeness (QED) is 0.711. The summed E-state index contributed by atoms with van der Waals surface area (Å²) in [5.41, 5.74) is -0.667. The Labute approximate surface area is 105 Å². The molecule has 1 aliphatic heterocycles. The highest BCUT2D eigenvalue weighted by Gasteiger charge is 2.42. The maximum absolute atomic E-state index is 11.6. The smallest absolute Gasteiger partial charge is 0.410 e. The summed E-state index contributed by atoms with van der Waals surface area (Å²) in [5, 5.41) is 8.37. The molecule has 1 heterocycles. The van der Waals surface area contributed by atoms with Gasteiger partial charge in [0.1, 0.15) is 10.9 Å². The van der Waals surface area contributed by atoms with Gasteiger partial charge in [0.05, 0.1) is 12.6 Å². The van der Waals surface area contributed by atoms with Crippen LogP contribution in [0.5, 0.6) is 0 Å². The fourth-order valence-corrected chi connectivity index (χ4v) is 2.85. The van der Waals surface area contributed by atoms with Crippen molar-refractivity contribution in [3.05, 3.63) is 0 Å². The van der Waals surface area contributed by atoms with Crippen LogP contribution in [-0.4, -0.2) is 54.6 Å². The van der Waals surface area contributed by atoms with Crippen LogP contribution in [0, 0.1) is 0 Å². The second kappa shape index (κ2) is 4.62. The summed E-state index contributed by atoms with van der Waals surface area (Å²) in [6, 6.07) is 0. The first kappa shape index (κ1) is 14.5. The Morgan fingerprint density at radius 2 is 1.94 bits per heavy atom. The molecule has 100 valence electrons. The fourth-order valence-electron chi connectivity index (χ4n) is 1.51. The Morgan fingerprint density at radius 3 is 2.29 bits per heavy atom. The molecule has 2 atom stereocenters. The number of hydrogen-bond donors (Lipinski definition) is 1. The van der Waals surface area contributed by atoms with Crippen molar-refractivity contribution in [1.29, 1.82) is 0 Å². The van der Waals surface area contributed by atoms with E-state index in [2.05, 4.69) is 0 Å². The van der Waals surface area contributed by atoms with Crippen molar-refractivity contribution in [2.24, 2.45) is 0 Å². The van der Waals surface area contributed by atoms with Crippen LogP contribution < -0.4 is 0 Å². The molecule has 1 amide bonds. The minimum atomic E-state index is -3.89. The van der Waals surface area contributed by atoms with Gasteiger partial charge in [-0.15, -0.1) is 0 Å². The third-order valence-corrected chi connectivity index (χ3v) is 4.12. The molecule has 0 aromatic rings. The number of nitrogens with zero attached hydrogens (tertiary/aromatic N) is 1. The van der Waals surface area contributed by atoms with Gasteiger partial charge in [0.2, 0.25) is 9.05 Å². The van der Waals surface area contributed by atoms with E-state index in [4.69, 9.17) is 15.4 Å². The van der Waals surface area contributed by atoms with E-state index in [-0.39, 0.29) is 13.1 Å². The number of halogens is 1. The van der Waals surface area contributed by atoms with Gasteiger partial charge in [0, 0.05) is 17.2 Å². The number of amides is 1. The van der Waals surface area contributed by atoms with E-state index in [1.807, 2.05) is 0 Å². The Bertz CT molecular complexity index is 402. The largest absolute Gasteiger partial charge is 0.444 e. The maximum Gasteiger partial charge on any atom is 0.410 e. The van der Waals surface area contributed by atoms with E-state index in [1.54, 1.807) is 20.8 Å². The fraction of sp³-hybridized carbons (Fsp3) is 0.889. The normalized spacial score (nSPS) is 26.1. The van der Waals surface area contributed by atoms with Crippen LogP contribution in [0.1, 0.15) is 20.8 Å². The molecule has 8 heteroatoms. The molecule has 1 rings (SSSR count). The van der Waals surface area contributed by atoms with Crippen molar-refractivity contribution in [1.82, 2.24) is 4.90 Å². The first-order valence-corrected chi connectivity index (χ1v) is 7.47. The number of hydrogen-bond acceptors (Lipinski definition) is 5.